The fourth-order valence-electron chi connectivity index (χ4n) is 4.47. The number of nitrogens with zero attached hydrogens (tertiary/aromatic N) is 3. The second-order valence-corrected chi connectivity index (χ2v) is 10.1. The molecule has 2 aromatic carbocycles. The summed E-state index contributed by atoms with van der Waals surface area (Å²) in [4.78, 5) is 35.8. The largest absolute Gasteiger partial charge is 0.368 e. The van der Waals surface area contributed by atoms with E-state index in [0.717, 1.165) is 52.8 Å². The Bertz CT molecular complexity index is 1190. The van der Waals surface area contributed by atoms with Crippen LogP contribution in [0.1, 0.15) is 38.8 Å². The van der Waals surface area contributed by atoms with Gasteiger partial charge in [-0.3, -0.25) is 14.9 Å². The Morgan fingerprint density at radius 2 is 1.85 bits per heavy atom. The van der Waals surface area contributed by atoms with Gasteiger partial charge in [0.05, 0.1) is 11.6 Å². The average molecular weight is 481 g/mol. The summed E-state index contributed by atoms with van der Waals surface area (Å²) in [6.07, 6.45) is 1.61. The van der Waals surface area contributed by atoms with Crippen LogP contribution in [-0.2, 0) is 11.2 Å². The molecule has 1 atom stereocenters. The first-order valence-electron chi connectivity index (χ1n) is 11.1. The number of fused-ring (bicyclic) bond motifs is 1. The number of thiazole rings is 1. The molecule has 3 aromatic rings. The van der Waals surface area contributed by atoms with E-state index in [0.29, 0.717) is 23.8 Å². The number of rotatable bonds is 4. The first kappa shape index (κ1) is 21.9. The first-order chi connectivity index (χ1) is 16.0. The van der Waals surface area contributed by atoms with Crippen LogP contribution in [-0.4, -0.2) is 47.9 Å². The van der Waals surface area contributed by atoms with Crippen molar-refractivity contribution in [2.45, 2.75) is 25.7 Å². The van der Waals surface area contributed by atoms with Crippen molar-refractivity contribution < 1.29 is 9.59 Å². The predicted octanol–water partition coefficient (Wildman–Crippen LogP) is 4.74. The monoisotopic (exact) mass is 480 g/mol. The van der Waals surface area contributed by atoms with Gasteiger partial charge >= 0.3 is 0 Å². The molecule has 1 N–H and O–H groups in total. The van der Waals surface area contributed by atoms with Crippen LogP contribution in [0.5, 0.6) is 0 Å². The van der Waals surface area contributed by atoms with Crippen molar-refractivity contribution in [3.63, 3.8) is 0 Å². The lowest BCUT2D eigenvalue weighted by Crippen LogP contribution is -2.50. The van der Waals surface area contributed by atoms with E-state index in [1.165, 1.54) is 11.3 Å². The van der Waals surface area contributed by atoms with Crippen molar-refractivity contribution in [2.24, 2.45) is 0 Å². The molecule has 170 valence electrons. The van der Waals surface area contributed by atoms with Crippen LogP contribution in [0.4, 0.5) is 10.8 Å². The van der Waals surface area contributed by atoms with Gasteiger partial charge in [0.1, 0.15) is 0 Å². The zero-order chi connectivity index (χ0) is 22.9. The van der Waals surface area contributed by atoms with Crippen molar-refractivity contribution in [1.29, 1.82) is 0 Å². The van der Waals surface area contributed by atoms with E-state index in [4.69, 9.17) is 11.6 Å². The summed E-state index contributed by atoms with van der Waals surface area (Å²) in [7, 11) is 0. The number of aryl methyl sites for hydroxylation is 2. The van der Waals surface area contributed by atoms with Crippen molar-refractivity contribution in [3.05, 3.63) is 75.3 Å². The maximum absolute atomic E-state index is 13.3. The maximum Gasteiger partial charge on any atom is 0.257 e. The highest BCUT2D eigenvalue weighted by Crippen LogP contribution is 2.39. The molecule has 0 radical (unpaired) electrons. The Balaban J connectivity index is 1.22. The molecule has 2 heterocycles. The zero-order valence-electron chi connectivity index (χ0n) is 18.4. The smallest absolute Gasteiger partial charge is 0.257 e. The van der Waals surface area contributed by atoms with Gasteiger partial charge in [-0.05, 0) is 50.1 Å². The summed E-state index contributed by atoms with van der Waals surface area (Å²) in [5.41, 5.74) is 3.63. The summed E-state index contributed by atoms with van der Waals surface area (Å²) in [6, 6.07) is 15.3. The molecule has 0 saturated carbocycles. The van der Waals surface area contributed by atoms with Gasteiger partial charge in [0, 0.05) is 47.3 Å². The van der Waals surface area contributed by atoms with Crippen LogP contribution in [0.25, 0.3) is 0 Å². The van der Waals surface area contributed by atoms with Gasteiger partial charge < -0.3 is 9.80 Å². The lowest BCUT2D eigenvalue weighted by atomic mass is 10.1. The molecular formula is C25H25ClN4O2S. The number of hydrogen-bond donors (Lipinski definition) is 1. The maximum atomic E-state index is 13.3. The van der Waals surface area contributed by atoms with Gasteiger partial charge in [0.2, 0.25) is 5.91 Å². The van der Waals surface area contributed by atoms with Gasteiger partial charge in [0.15, 0.2) is 5.13 Å². The number of anilines is 2. The van der Waals surface area contributed by atoms with Crippen molar-refractivity contribution in [3.8, 4) is 0 Å². The first-order valence-corrected chi connectivity index (χ1v) is 12.3. The highest BCUT2D eigenvalue weighted by molar-refractivity contribution is 7.16. The van der Waals surface area contributed by atoms with E-state index in [1.54, 1.807) is 12.1 Å². The molecule has 8 heteroatoms. The molecule has 6 nitrogen and oxygen atoms in total. The van der Waals surface area contributed by atoms with E-state index in [1.807, 2.05) is 48.2 Å². The topological polar surface area (TPSA) is 65.5 Å². The summed E-state index contributed by atoms with van der Waals surface area (Å²) in [5.74, 6) is -0.261. The zero-order valence-corrected chi connectivity index (χ0v) is 20.0. The number of piperazine rings is 1. The summed E-state index contributed by atoms with van der Waals surface area (Å²) in [6.45, 7) is 4.90. The minimum Gasteiger partial charge on any atom is -0.368 e. The molecular weight excluding hydrogens is 456 g/mol. The van der Waals surface area contributed by atoms with E-state index in [2.05, 4.69) is 15.2 Å². The average Bonchev–Trinajstić information content (AvgIpc) is 3.39. The quantitative estimate of drug-likeness (QED) is 0.586. The van der Waals surface area contributed by atoms with Crippen molar-refractivity contribution in [1.82, 2.24) is 9.88 Å². The molecule has 1 aromatic heterocycles. The number of halogens is 1. The highest BCUT2D eigenvalue weighted by Gasteiger charge is 2.36. The minimum absolute atomic E-state index is 0.140. The van der Waals surface area contributed by atoms with E-state index < -0.39 is 0 Å². The SMILES string of the molecule is Cc1ccc(C(=O)Nc2nc3c(s2)CCC3C(=O)N2CCN(c3cccc(Cl)c3)CC2)cc1. The molecule has 1 aliphatic carbocycles. The molecule has 1 unspecified atom stereocenters. The Labute approximate surface area is 202 Å². The highest BCUT2D eigenvalue weighted by atomic mass is 35.5. The van der Waals surface area contributed by atoms with Crippen LogP contribution >= 0.6 is 22.9 Å². The van der Waals surface area contributed by atoms with Gasteiger partial charge in [-0.2, -0.15) is 0 Å². The van der Waals surface area contributed by atoms with Gasteiger partial charge in [-0.1, -0.05) is 35.4 Å². The summed E-state index contributed by atoms with van der Waals surface area (Å²) in [5, 5.41) is 4.19. The number of amides is 2. The van der Waals surface area contributed by atoms with Crippen LogP contribution in [0.2, 0.25) is 5.02 Å². The van der Waals surface area contributed by atoms with E-state index in [9.17, 15) is 9.59 Å². The standard InChI is InChI=1S/C25H25ClN4O2S/c1-16-5-7-17(8-6-16)23(31)28-25-27-22-20(9-10-21(22)33-25)24(32)30-13-11-29(12-14-30)19-4-2-3-18(26)15-19/h2-8,15,20H,9-14H2,1H3,(H,27,28,31). The molecule has 5 rings (SSSR count). The number of aromatic nitrogens is 1. The Morgan fingerprint density at radius 3 is 2.58 bits per heavy atom. The fraction of sp³-hybridized carbons (Fsp3) is 0.320. The molecule has 0 bridgehead atoms. The lowest BCUT2D eigenvalue weighted by molar-refractivity contribution is -0.133. The van der Waals surface area contributed by atoms with E-state index >= 15 is 0 Å². The molecule has 0 spiro atoms. The molecule has 2 amide bonds. The fourth-order valence-corrected chi connectivity index (χ4v) is 5.69. The molecule has 2 aliphatic rings. The predicted molar refractivity (Wildman–Crippen MR) is 133 cm³/mol. The van der Waals surface area contributed by atoms with Crippen LogP contribution in [0, 0.1) is 6.92 Å². The Kier molecular flexibility index (Phi) is 6.08. The van der Waals surface area contributed by atoms with Crippen molar-refractivity contribution in [2.75, 3.05) is 36.4 Å². The molecule has 1 fully saturated rings. The number of nitrogens with one attached hydrogen (secondary N) is 1. The number of hydrogen-bond acceptors (Lipinski definition) is 5. The lowest BCUT2D eigenvalue weighted by Gasteiger charge is -2.37. The third-order valence-corrected chi connectivity index (χ3v) is 7.60. The number of carbonyl (C=O) groups is 2. The summed E-state index contributed by atoms with van der Waals surface area (Å²) >= 11 is 7.61. The number of carbonyl (C=O) groups excluding carboxylic acids is 2. The second kappa shape index (κ2) is 9.15. The number of benzene rings is 2. The van der Waals surface area contributed by atoms with Gasteiger partial charge in [0.25, 0.3) is 5.91 Å². The third kappa shape index (κ3) is 4.61. The van der Waals surface area contributed by atoms with Crippen LogP contribution < -0.4 is 10.2 Å². The normalized spacial score (nSPS) is 17.7. The summed E-state index contributed by atoms with van der Waals surface area (Å²) < 4.78 is 0. The van der Waals surface area contributed by atoms with Gasteiger partial charge in [-0.25, -0.2) is 4.98 Å². The van der Waals surface area contributed by atoms with Crippen LogP contribution in [0.15, 0.2) is 48.5 Å². The molecule has 1 saturated heterocycles. The minimum atomic E-state index is -0.223. The Hall–Kier alpha value is -2.90. The van der Waals surface area contributed by atoms with Crippen LogP contribution in [0.3, 0.4) is 0 Å². The van der Waals surface area contributed by atoms with Gasteiger partial charge in [-0.15, -0.1) is 11.3 Å². The Morgan fingerprint density at radius 1 is 1.09 bits per heavy atom. The molecule has 1 aliphatic heterocycles. The molecule has 33 heavy (non-hydrogen) atoms. The van der Waals surface area contributed by atoms with E-state index in [-0.39, 0.29) is 17.7 Å². The van der Waals surface area contributed by atoms with Crippen molar-refractivity contribution >= 4 is 45.6 Å². The second-order valence-electron chi connectivity index (χ2n) is 8.53. The third-order valence-electron chi connectivity index (χ3n) is 6.31.